The summed E-state index contributed by atoms with van der Waals surface area (Å²) < 4.78 is 6.95. The second-order valence-corrected chi connectivity index (χ2v) is 7.74. The minimum absolute atomic E-state index is 0.185. The molecule has 2 heterocycles. The molecule has 0 atom stereocenters. The van der Waals surface area contributed by atoms with Gasteiger partial charge in [0.15, 0.2) is 0 Å². The first-order chi connectivity index (χ1) is 15.4. The Morgan fingerprint density at radius 3 is 2.50 bits per heavy atom. The Morgan fingerprint density at radius 1 is 1.00 bits per heavy atom. The van der Waals surface area contributed by atoms with Crippen LogP contribution in [0.3, 0.4) is 0 Å². The SMILES string of the molecule is COc1ccc(N2C(=O)NC(=O)C(=Cc3cccn3Cc3ccccc3Cl)C2=O)cc1Cl. The molecule has 1 aliphatic rings. The number of hydrogen-bond donors (Lipinski definition) is 1. The van der Waals surface area contributed by atoms with Crippen molar-refractivity contribution < 1.29 is 19.1 Å². The maximum absolute atomic E-state index is 13.1. The highest BCUT2D eigenvalue weighted by Gasteiger charge is 2.37. The van der Waals surface area contributed by atoms with Crippen molar-refractivity contribution in [1.29, 1.82) is 0 Å². The van der Waals surface area contributed by atoms with Gasteiger partial charge in [-0.05, 0) is 48.0 Å². The molecule has 0 aliphatic carbocycles. The van der Waals surface area contributed by atoms with E-state index in [2.05, 4.69) is 5.32 Å². The van der Waals surface area contributed by atoms with Crippen LogP contribution < -0.4 is 15.0 Å². The number of nitrogens with zero attached hydrogens (tertiary/aromatic N) is 2. The summed E-state index contributed by atoms with van der Waals surface area (Å²) in [5.74, 6) is -1.14. The number of aromatic nitrogens is 1. The lowest BCUT2D eigenvalue weighted by Gasteiger charge is -2.26. The van der Waals surface area contributed by atoms with Crippen molar-refractivity contribution >= 4 is 52.8 Å². The van der Waals surface area contributed by atoms with Gasteiger partial charge in [0.05, 0.1) is 17.8 Å². The first kappa shape index (κ1) is 21.7. The van der Waals surface area contributed by atoms with Crippen molar-refractivity contribution in [3.05, 3.63) is 87.7 Å². The minimum Gasteiger partial charge on any atom is -0.495 e. The summed E-state index contributed by atoms with van der Waals surface area (Å²) in [7, 11) is 1.46. The standard InChI is InChI=1S/C23H17Cl2N3O4/c1-32-20-9-8-16(12-19(20)25)28-22(30)17(21(29)26-23(28)31)11-15-6-4-10-27(15)13-14-5-2-3-7-18(14)24/h2-12H,13H2,1H3,(H,26,29,31). The van der Waals surface area contributed by atoms with E-state index in [0.29, 0.717) is 23.0 Å². The highest BCUT2D eigenvalue weighted by atomic mass is 35.5. The van der Waals surface area contributed by atoms with Gasteiger partial charge in [0.1, 0.15) is 11.3 Å². The van der Waals surface area contributed by atoms with Gasteiger partial charge in [0, 0.05) is 23.5 Å². The van der Waals surface area contributed by atoms with Gasteiger partial charge in [-0.3, -0.25) is 14.9 Å². The van der Waals surface area contributed by atoms with E-state index in [-0.39, 0.29) is 16.3 Å². The van der Waals surface area contributed by atoms with E-state index in [1.54, 1.807) is 18.2 Å². The summed E-state index contributed by atoms with van der Waals surface area (Å²) in [6.07, 6.45) is 3.26. The topological polar surface area (TPSA) is 80.6 Å². The molecule has 0 radical (unpaired) electrons. The number of barbiturate groups is 1. The van der Waals surface area contributed by atoms with Gasteiger partial charge in [0.25, 0.3) is 11.8 Å². The molecule has 2 aromatic carbocycles. The van der Waals surface area contributed by atoms with Crippen molar-refractivity contribution in [2.75, 3.05) is 12.0 Å². The number of methoxy groups -OCH3 is 1. The van der Waals surface area contributed by atoms with Crippen molar-refractivity contribution in [2.24, 2.45) is 0 Å². The molecular weight excluding hydrogens is 453 g/mol. The van der Waals surface area contributed by atoms with E-state index in [1.165, 1.54) is 31.4 Å². The second kappa shape index (κ2) is 8.90. The summed E-state index contributed by atoms with van der Waals surface area (Å²) in [5, 5.41) is 3.04. The van der Waals surface area contributed by atoms with Crippen LogP contribution in [0, 0.1) is 0 Å². The molecule has 0 unspecified atom stereocenters. The van der Waals surface area contributed by atoms with Gasteiger partial charge in [-0.15, -0.1) is 0 Å². The molecule has 4 amide bonds. The molecule has 7 nitrogen and oxygen atoms in total. The molecule has 1 fully saturated rings. The highest BCUT2D eigenvalue weighted by molar-refractivity contribution is 6.39. The van der Waals surface area contributed by atoms with Crippen molar-refractivity contribution in [1.82, 2.24) is 9.88 Å². The molecule has 9 heteroatoms. The van der Waals surface area contributed by atoms with Gasteiger partial charge in [-0.25, -0.2) is 9.69 Å². The zero-order valence-electron chi connectivity index (χ0n) is 16.8. The van der Waals surface area contributed by atoms with Crippen LogP contribution in [0.5, 0.6) is 5.75 Å². The Labute approximate surface area is 193 Å². The van der Waals surface area contributed by atoms with E-state index in [9.17, 15) is 14.4 Å². The maximum atomic E-state index is 13.1. The monoisotopic (exact) mass is 469 g/mol. The number of rotatable bonds is 5. The fourth-order valence-electron chi connectivity index (χ4n) is 3.35. The molecule has 1 N–H and O–H groups in total. The van der Waals surface area contributed by atoms with E-state index < -0.39 is 17.8 Å². The number of urea groups is 1. The summed E-state index contributed by atoms with van der Waals surface area (Å²) in [5.41, 5.74) is 1.51. The van der Waals surface area contributed by atoms with Crippen LogP contribution in [0.1, 0.15) is 11.3 Å². The number of halogens is 2. The van der Waals surface area contributed by atoms with Gasteiger partial charge in [0.2, 0.25) is 0 Å². The van der Waals surface area contributed by atoms with Crippen LogP contribution in [0.15, 0.2) is 66.4 Å². The number of carbonyl (C=O) groups excluding carboxylic acids is 3. The Bertz CT molecular complexity index is 1270. The van der Waals surface area contributed by atoms with Crippen LogP contribution in [0.2, 0.25) is 10.0 Å². The number of carbonyl (C=O) groups is 3. The molecule has 0 spiro atoms. The normalized spacial score (nSPS) is 15.3. The fourth-order valence-corrected chi connectivity index (χ4v) is 3.79. The quantitative estimate of drug-likeness (QED) is 0.439. The Balaban J connectivity index is 1.68. The van der Waals surface area contributed by atoms with Crippen LogP contribution in [0.4, 0.5) is 10.5 Å². The zero-order valence-corrected chi connectivity index (χ0v) is 18.4. The first-order valence-corrected chi connectivity index (χ1v) is 10.3. The lowest BCUT2D eigenvalue weighted by Crippen LogP contribution is -2.54. The smallest absolute Gasteiger partial charge is 0.335 e. The molecule has 1 aromatic heterocycles. The zero-order chi connectivity index (χ0) is 22.8. The third-order valence-corrected chi connectivity index (χ3v) is 5.61. The van der Waals surface area contributed by atoms with Crippen molar-refractivity contribution in [3.63, 3.8) is 0 Å². The maximum Gasteiger partial charge on any atom is 0.335 e. The summed E-state index contributed by atoms with van der Waals surface area (Å²) in [6, 6.07) is 14.6. The van der Waals surface area contributed by atoms with E-state index >= 15 is 0 Å². The molecule has 32 heavy (non-hydrogen) atoms. The van der Waals surface area contributed by atoms with Crippen LogP contribution in [-0.2, 0) is 16.1 Å². The number of benzene rings is 2. The molecule has 0 bridgehead atoms. The largest absolute Gasteiger partial charge is 0.495 e. The molecule has 4 rings (SSSR count). The lowest BCUT2D eigenvalue weighted by molar-refractivity contribution is -0.122. The van der Waals surface area contributed by atoms with E-state index in [0.717, 1.165) is 10.5 Å². The first-order valence-electron chi connectivity index (χ1n) is 9.52. The van der Waals surface area contributed by atoms with Crippen LogP contribution in [0.25, 0.3) is 6.08 Å². The fraction of sp³-hybridized carbons (Fsp3) is 0.0870. The highest BCUT2D eigenvalue weighted by Crippen LogP contribution is 2.31. The third-order valence-electron chi connectivity index (χ3n) is 4.95. The number of imide groups is 2. The van der Waals surface area contributed by atoms with Crippen molar-refractivity contribution in [2.45, 2.75) is 6.54 Å². The van der Waals surface area contributed by atoms with Crippen LogP contribution in [-0.4, -0.2) is 29.5 Å². The second-order valence-electron chi connectivity index (χ2n) is 6.93. The molecule has 0 saturated carbocycles. The molecule has 3 aromatic rings. The lowest BCUT2D eigenvalue weighted by atomic mass is 10.1. The molecule has 162 valence electrons. The van der Waals surface area contributed by atoms with Gasteiger partial charge >= 0.3 is 6.03 Å². The summed E-state index contributed by atoms with van der Waals surface area (Å²) in [4.78, 5) is 38.9. The molecule has 1 saturated heterocycles. The molecular formula is C23H17Cl2N3O4. The number of hydrogen-bond acceptors (Lipinski definition) is 4. The summed E-state index contributed by atoms with van der Waals surface area (Å²) >= 11 is 12.4. The van der Waals surface area contributed by atoms with Crippen molar-refractivity contribution in [3.8, 4) is 5.75 Å². The van der Waals surface area contributed by atoms with Gasteiger partial charge in [-0.1, -0.05) is 41.4 Å². The Kier molecular flexibility index (Phi) is 6.03. The number of ether oxygens (including phenoxy) is 1. The van der Waals surface area contributed by atoms with Gasteiger partial charge < -0.3 is 9.30 Å². The average Bonchev–Trinajstić information content (AvgIpc) is 3.19. The van der Waals surface area contributed by atoms with E-state index in [1.807, 2.05) is 29.0 Å². The third kappa shape index (κ3) is 4.12. The Morgan fingerprint density at radius 2 is 1.78 bits per heavy atom. The number of amides is 4. The predicted molar refractivity (Wildman–Crippen MR) is 122 cm³/mol. The molecule has 1 aliphatic heterocycles. The summed E-state index contributed by atoms with van der Waals surface area (Å²) in [6.45, 7) is 0.443. The Hall–Kier alpha value is -3.55. The van der Waals surface area contributed by atoms with Gasteiger partial charge in [-0.2, -0.15) is 0 Å². The minimum atomic E-state index is -0.857. The van der Waals surface area contributed by atoms with E-state index in [4.69, 9.17) is 27.9 Å². The number of anilines is 1. The number of nitrogens with one attached hydrogen (secondary N) is 1. The predicted octanol–water partition coefficient (Wildman–Crippen LogP) is 4.52. The van der Waals surface area contributed by atoms with Crippen LogP contribution >= 0.6 is 23.2 Å². The average molecular weight is 470 g/mol.